The maximum Gasteiger partial charge on any atom is 2.00 e. The standard InChI is InChI=1S/2ClH.2O.3Pd/h2*1H;;;;;/q;;2*-2;3*+2/p-2. The summed E-state index contributed by atoms with van der Waals surface area (Å²) in [7, 11) is 0. The van der Waals surface area contributed by atoms with Crippen molar-refractivity contribution in [3.63, 3.8) is 0 Å². The second kappa shape index (κ2) is 76.9. The minimum absolute atomic E-state index is 0. The van der Waals surface area contributed by atoms with Crippen LogP contribution in [0.2, 0.25) is 0 Å². The van der Waals surface area contributed by atoms with Gasteiger partial charge in [-0.3, -0.25) is 0 Å². The van der Waals surface area contributed by atoms with Crippen molar-refractivity contribution in [1.82, 2.24) is 0 Å². The van der Waals surface area contributed by atoms with E-state index in [0.717, 1.165) is 0 Å². The molecule has 56 valence electrons. The van der Waals surface area contributed by atoms with Gasteiger partial charge in [-0.05, 0) is 0 Å². The zero-order valence-corrected chi connectivity index (χ0v) is 8.70. The molecule has 0 heterocycles. The van der Waals surface area contributed by atoms with Crippen LogP contribution in [0.3, 0.4) is 0 Å². The van der Waals surface area contributed by atoms with Gasteiger partial charge in [-0.1, -0.05) is 0 Å². The van der Waals surface area contributed by atoms with Crippen LogP contribution in [0.25, 0.3) is 0 Å². The summed E-state index contributed by atoms with van der Waals surface area (Å²) in [4.78, 5) is 0. The first kappa shape index (κ1) is 110. The van der Waals surface area contributed by atoms with Crippen molar-refractivity contribution in [2.45, 2.75) is 0 Å². The minimum atomic E-state index is 0. The largest absolute Gasteiger partial charge is 2.00 e. The average Bonchev–Trinajstić information content (AvgIpc) is 0. The molecule has 0 fully saturated rings. The van der Waals surface area contributed by atoms with Crippen LogP contribution in [0.4, 0.5) is 0 Å². The minimum Gasteiger partial charge on any atom is -2.00 e. The van der Waals surface area contributed by atoms with Crippen molar-refractivity contribution in [3.8, 4) is 0 Å². The molecule has 0 aromatic carbocycles. The second-order valence-corrected chi connectivity index (χ2v) is 0. The smallest absolute Gasteiger partial charge is 2.00 e. The van der Waals surface area contributed by atoms with Gasteiger partial charge in [0.2, 0.25) is 0 Å². The summed E-state index contributed by atoms with van der Waals surface area (Å²) in [5.41, 5.74) is 0. The maximum absolute atomic E-state index is 0. The molecule has 0 unspecified atom stereocenters. The molecule has 0 aliphatic carbocycles. The molecule has 0 aromatic heterocycles. The summed E-state index contributed by atoms with van der Waals surface area (Å²) in [6.07, 6.45) is 0. The van der Waals surface area contributed by atoms with E-state index in [1.807, 2.05) is 0 Å². The monoisotopic (exact) mass is 420 g/mol. The summed E-state index contributed by atoms with van der Waals surface area (Å²) in [5, 5.41) is 0. The van der Waals surface area contributed by atoms with Crippen LogP contribution in [-0.2, 0) is 72.2 Å². The summed E-state index contributed by atoms with van der Waals surface area (Å²) in [6, 6.07) is 0. The number of hydrogen-bond acceptors (Lipinski definition) is 0. The third-order valence-corrected chi connectivity index (χ3v) is 0. The Morgan fingerprint density at radius 3 is 0.429 bits per heavy atom. The van der Waals surface area contributed by atoms with Crippen LogP contribution >= 0.6 is 0 Å². The molecule has 0 aliphatic heterocycles. The number of rotatable bonds is 0. The van der Waals surface area contributed by atoms with Gasteiger partial charge < -0.3 is 35.8 Å². The van der Waals surface area contributed by atoms with E-state index in [0.29, 0.717) is 0 Å². The number of halogens is 2. The molecular formula is Cl2O2Pd3. The third-order valence-electron chi connectivity index (χ3n) is 0. The number of hydrogen-bond donors (Lipinski definition) is 0. The van der Waals surface area contributed by atoms with Crippen molar-refractivity contribution in [3.05, 3.63) is 0 Å². The Morgan fingerprint density at radius 2 is 0.429 bits per heavy atom. The van der Waals surface area contributed by atoms with Crippen LogP contribution in [0, 0.1) is 0 Å². The van der Waals surface area contributed by atoms with E-state index in [-0.39, 0.29) is 97.0 Å². The van der Waals surface area contributed by atoms with E-state index < -0.39 is 0 Å². The summed E-state index contributed by atoms with van der Waals surface area (Å²) >= 11 is 0. The van der Waals surface area contributed by atoms with Crippen LogP contribution < -0.4 is 24.8 Å². The van der Waals surface area contributed by atoms with Crippen LogP contribution in [0.15, 0.2) is 0 Å². The topological polar surface area (TPSA) is 57.0 Å². The van der Waals surface area contributed by atoms with Gasteiger partial charge in [0.25, 0.3) is 0 Å². The zero-order chi connectivity index (χ0) is 0. The van der Waals surface area contributed by atoms with Gasteiger partial charge in [-0.2, -0.15) is 0 Å². The average molecular weight is 422 g/mol. The fraction of sp³-hybridized carbons (Fsp3) is 0. The van der Waals surface area contributed by atoms with Gasteiger partial charge in [0.1, 0.15) is 0 Å². The molecule has 0 N–H and O–H groups in total. The predicted molar refractivity (Wildman–Crippen MR) is 1.37 cm³/mol. The van der Waals surface area contributed by atoms with E-state index in [4.69, 9.17) is 0 Å². The predicted octanol–water partition coefficient (Wildman–Crippen LogP) is -6.24. The van der Waals surface area contributed by atoms with E-state index in [1.165, 1.54) is 0 Å². The zero-order valence-electron chi connectivity index (χ0n) is 2.52. The quantitative estimate of drug-likeness (QED) is 0.349. The molecule has 0 saturated heterocycles. The van der Waals surface area contributed by atoms with Crippen molar-refractivity contribution in [2.24, 2.45) is 0 Å². The first-order valence-electron chi connectivity index (χ1n) is 0. The molecule has 0 spiro atoms. The maximum atomic E-state index is 0. The fourth-order valence-electron chi connectivity index (χ4n) is 0. The second-order valence-electron chi connectivity index (χ2n) is 0. The van der Waals surface area contributed by atoms with Crippen molar-refractivity contribution < 1.29 is 97.0 Å². The molecular weight excluding hydrogens is 422 g/mol. The molecule has 0 amide bonds. The summed E-state index contributed by atoms with van der Waals surface area (Å²) in [5.74, 6) is 0. The SMILES string of the molecule is [Cl-].[Cl-].[O-2].[O-2].[Pd+2].[Pd+2].[Pd+2]. The van der Waals surface area contributed by atoms with Crippen LogP contribution in [-0.4, -0.2) is 0 Å². The summed E-state index contributed by atoms with van der Waals surface area (Å²) in [6.45, 7) is 0. The Balaban J connectivity index is 0. The molecule has 2 nitrogen and oxygen atoms in total. The molecule has 0 rings (SSSR count). The first-order chi connectivity index (χ1) is 0. The summed E-state index contributed by atoms with van der Waals surface area (Å²) < 4.78 is 0. The third kappa shape index (κ3) is 57.7. The van der Waals surface area contributed by atoms with E-state index in [2.05, 4.69) is 0 Å². The van der Waals surface area contributed by atoms with Crippen LogP contribution in [0.5, 0.6) is 0 Å². The molecule has 0 atom stereocenters. The fourth-order valence-corrected chi connectivity index (χ4v) is 0. The van der Waals surface area contributed by atoms with Gasteiger partial charge in [0.05, 0.1) is 0 Å². The molecule has 0 radical (unpaired) electrons. The Morgan fingerprint density at radius 1 is 0.429 bits per heavy atom. The molecule has 7 heteroatoms. The molecule has 0 bridgehead atoms. The Labute approximate surface area is 96.0 Å². The Kier molecular flexibility index (Phi) is 1210. The van der Waals surface area contributed by atoms with Crippen molar-refractivity contribution in [2.75, 3.05) is 0 Å². The Bertz CT molecular complexity index is 10.9. The van der Waals surface area contributed by atoms with Crippen LogP contribution in [0.1, 0.15) is 0 Å². The molecule has 0 saturated carbocycles. The van der Waals surface area contributed by atoms with E-state index in [9.17, 15) is 0 Å². The Hall–Kier alpha value is 2.49. The molecule has 0 aliphatic rings. The molecule has 0 aromatic rings. The van der Waals surface area contributed by atoms with Gasteiger partial charge >= 0.3 is 61.3 Å². The van der Waals surface area contributed by atoms with Gasteiger partial charge in [0, 0.05) is 0 Å². The van der Waals surface area contributed by atoms with Gasteiger partial charge in [-0.25, -0.2) is 0 Å². The first-order valence-corrected chi connectivity index (χ1v) is 0. The van der Waals surface area contributed by atoms with Gasteiger partial charge in [-0.15, -0.1) is 0 Å². The van der Waals surface area contributed by atoms with Gasteiger partial charge in [0.15, 0.2) is 0 Å². The van der Waals surface area contributed by atoms with Crippen molar-refractivity contribution >= 4 is 0 Å². The molecule has 7 heavy (non-hydrogen) atoms. The van der Waals surface area contributed by atoms with E-state index in [1.54, 1.807) is 0 Å². The van der Waals surface area contributed by atoms with E-state index >= 15 is 0 Å². The normalized spacial score (nSPS) is 0. The van der Waals surface area contributed by atoms with Crippen molar-refractivity contribution in [1.29, 1.82) is 0 Å².